The van der Waals surface area contributed by atoms with Gasteiger partial charge in [0.2, 0.25) is 5.91 Å². The normalized spacial score (nSPS) is 10.2. The predicted molar refractivity (Wildman–Crippen MR) is 75.9 cm³/mol. The average molecular weight is 272 g/mol. The van der Waals surface area contributed by atoms with Crippen molar-refractivity contribution in [1.82, 2.24) is 4.57 Å². The summed E-state index contributed by atoms with van der Waals surface area (Å²) in [5, 5.41) is 12.1. The van der Waals surface area contributed by atoms with Crippen molar-refractivity contribution in [3.8, 4) is 5.75 Å². The molecule has 1 aromatic heterocycles. The number of phenols is 1. The summed E-state index contributed by atoms with van der Waals surface area (Å²) in [4.78, 5) is 22.6. The van der Waals surface area contributed by atoms with Crippen LogP contribution in [0.3, 0.4) is 0 Å². The number of hydrogen-bond donors (Lipinski definition) is 2. The van der Waals surface area contributed by atoms with E-state index in [4.69, 9.17) is 0 Å². The highest BCUT2D eigenvalue weighted by molar-refractivity contribution is 5.91. The van der Waals surface area contributed by atoms with E-state index < -0.39 is 0 Å². The van der Waals surface area contributed by atoms with E-state index in [-0.39, 0.29) is 18.1 Å². The van der Waals surface area contributed by atoms with Gasteiger partial charge in [-0.2, -0.15) is 0 Å². The van der Waals surface area contributed by atoms with Gasteiger partial charge in [0.25, 0.3) is 0 Å². The first kappa shape index (κ1) is 13.9. The maximum absolute atomic E-state index is 11.9. The second-order valence-corrected chi connectivity index (χ2v) is 4.54. The van der Waals surface area contributed by atoms with Crippen molar-refractivity contribution < 1.29 is 14.7 Å². The van der Waals surface area contributed by atoms with Crippen LogP contribution in [0.2, 0.25) is 0 Å². The fourth-order valence-corrected chi connectivity index (χ4v) is 1.96. The fourth-order valence-electron chi connectivity index (χ4n) is 1.96. The van der Waals surface area contributed by atoms with Gasteiger partial charge in [-0.3, -0.25) is 9.59 Å². The van der Waals surface area contributed by atoms with Crippen molar-refractivity contribution in [3.05, 3.63) is 47.8 Å². The lowest BCUT2D eigenvalue weighted by atomic mass is 10.2. The third-order valence-corrected chi connectivity index (χ3v) is 3.05. The van der Waals surface area contributed by atoms with Gasteiger partial charge in [-0.15, -0.1) is 0 Å². The molecule has 0 atom stereocenters. The van der Waals surface area contributed by atoms with Crippen molar-refractivity contribution in [1.29, 1.82) is 0 Å². The van der Waals surface area contributed by atoms with E-state index in [1.165, 1.54) is 6.07 Å². The van der Waals surface area contributed by atoms with Gasteiger partial charge >= 0.3 is 0 Å². The Morgan fingerprint density at radius 1 is 1.40 bits per heavy atom. The number of anilines is 1. The molecular weight excluding hydrogens is 256 g/mol. The molecule has 0 bridgehead atoms. The Balaban J connectivity index is 1.94. The van der Waals surface area contributed by atoms with Gasteiger partial charge in [0, 0.05) is 24.8 Å². The summed E-state index contributed by atoms with van der Waals surface area (Å²) in [7, 11) is 0. The summed E-state index contributed by atoms with van der Waals surface area (Å²) in [6.07, 6.45) is 2.81. The first-order valence-corrected chi connectivity index (χ1v) is 6.30. The summed E-state index contributed by atoms with van der Waals surface area (Å²) in [6.45, 7) is 2.26. The summed E-state index contributed by atoms with van der Waals surface area (Å²) in [6, 6.07) is 8.25. The van der Waals surface area contributed by atoms with E-state index in [0.29, 0.717) is 17.9 Å². The van der Waals surface area contributed by atoms with Crippen molar-refractivity contribution in [2.75, 3.05) is 5.32 Å². The van der Waals surface area contributed by atoms with Gasteiger partial charge in [0.1, 0.15) is 5.75 Å². The molecule has 20 heavy (non-hydrogen) atoms. The summed E-state index contributed by atoms with van der Waals surface area (Å²) in [5.41, 5.74) is 2.03. The number of nitrogens with one attached hydrogen (secondary N) is 1. The lowest BCUT2D eigenvalue weighted by Crippen LogP contribution is -2.15. The Morgan fingerprint density at radius 3 is 2.90 bits per heavy atom. The number of nitrogens with zero attached hydrogens (tertiary/aromatic N) is 1. The lowest BCUT2D eigenvalue weighted by Gasteiger charge is -2.09. The molecule has 2 N–H and O–H groups in total. The molecule has 0 saturated carbocycles. The molecule has 1 amide bonds. The number of aromatic hydroxyl groups is 1. The first-order valence-electron chi connectivity index (χ1n) is 6.30. The molecule has 0 saturated heterocycles. The highest BCUT2D eigenvalue weighted by atomic mass is 16.3. The van der Waals surface area contributed by atoms with Crippen molar-refractivity contribution >= 4 is 17.9 Å². The Bertz CT molecular complexity index is 632. The topological polar surface area (TPSA) is 71.3 Å². The molecule has 1 heterocycles. The predicted octanol–water partition coefficient (Wildman–Crippen LogP) is 2.34. The van der Waals surface area contributed by atoms with Crippen LogP contribution in [0.4, 0.5) is 5.69 Å². The molecule has 0 aliphatic rings. The largest absolute Gasteiger partial charge is 0.508 e. The maximum Gasteiger partial charge on any atom is 0.226 e. The zero-order valence-corrected chi connectivity index (χ0v) is 11.2. The van der Waals surface area contributed by atoms with E-state index in [2.05, 4.69) is 5.32 Å². The highest BCUT2D eigenvalue weighted by Gasteiger charge is 2.07. The Morgan fingerprint density at radius 2 is 2.20 bits per heavy atom. The van der Waals surface area contributed by atoms with Crippen LogP contribution < -0.4 is 5.32 Å². The van der Waals surface area contributed by atoms with Crippen molar-refractivity contribution in [2.24, 2.45) is 0 Å². The zero-order chi connectivity index (χ0) is 14.5. The van der Waals surface area contributed by atoms with Gasteiger partial charge in [-0.05, 0) is 42.8 Å². The summed E-state index contributed by atoms with van der Waals surface area (Å²) in [5.74, 6) is 0.0350. The minimum absolute atomic E-state index is 0.135. The van der Waals surface area contributed by atoms with E-state index in [1.807, 2.05) is 6.92 Å². The van der Waals surface area contributed by atoms with Crippen LogP contribution in [0.1, 0.15) is 22.5 Å². The molecule has 0 aliphatic heterocycles. The molecule has 5 nitrogen and oxygen atoms in total. The second kappa shape index (κ2) is 6.06. The number of benzene rings is 1. The van der Waals surface area contributed by atoms with Gasteiger partial charge in [-0.1, -0.05) is 0 Å². The number of carbonyl (C=O) groups is 2. The van der Waals surface area contributed by atoms with Crippen LogP contribution in [-0.2, 0) is 11.3 Å². The van der Waals surface area contributed by atoms with E-state index in [9.17, 15) is 14.7 Å². The van der Waals surface area contributed by atoms with Gasteiger partial charge in [0.05, 0.1) is 5.69 Å². The molecule has 0 fully saturated rings. The molecule has 0 radical (unpaired) electrons. The number of rotatable bonds is 5. The molecule has 2 rings (SSSR count). The van der Waals surface area contributed by atoms with Crippen LogP contribution in [0.15, 0.2) is 36.5 Å². The SMILES string of the molecule is Cc1cc(O)ccc1NC(=O)CCn1cccc1C=O. The monoisotopic (exact) mass is 272 g/mol. The van der Waals surface area contributed by atoms with Crippen molar-refractivity contribution in [2.45, 2.75) is 19.9 Å². The third kappa shape index (κ3) is 3.26. The number of hydrogen-bond acceptors (Lipinski definition) is 3. The smallest absolute Gasteiger partial charge is 0.226 e. The zero-order valence-electron chi connectivity index (χ0n) is 11.2. The highest BCUT2D eigenvalue weighted by Crippen LogP contribution is 2.20. The molecule has 0 aliphatic carbocycles. The molecule has 2 aromatic rings. The molecule has 1 aromatic carbocycles. The minimum Gasteiger partial charge on any atom is -0.508 e. The third-order valence-electron chi connectivity index (χ3n) is 3.05. The number of phenolic OH excluding ortho intramolecular Hbond substituents is 1. The quantitative estimate of drug-likeness (QED) is 0.648. The van der Waals surface area contributed by atoms with Gasteiger partial charge < -0.3 is 15.0 Å². The number of aryl methyl sites for hydroxylation is 2. The number of amides is 1. The standard InChI is InChI=1S/C15H16N2O3/c1-11-9-13(19)4-5-14(11)16-15(20)6-8-17-7-2-3-12(17)10-18/h2-5,7,9-10,19H,6,8H2,1H3,(H,16,20). The maximum atomic E-state index is 11.9. The van der Waals surface area contributed by atoms with E-state index in [1.54, 1.807) is 35.0 Å². The van der Waals surface area contributed by atoms with E-state index >= 15 is 0 Å². The second-order valence-electron chi connectivity index (χ2n) is 4.54. The molecular formula is C15H16N2O3. The lowest BCUT2D eigenvalue weighted by molar-refractivity contribution is -0.116. The van der Waals surface area contributed by atoms with Crippen LogP contribution in [0.25, 0.3) is 0 Å². The minimum atomic E-state index is -0.135. The Hall–Kier alpha value is -2.56. The molecule has 0 unspecified atom stereocenters. The average Bonchev–Trinajstić information content (AvgIpc) is 2.87. The summed E-state index contributed by atoms with van der Waals surface area (Å²) < 4.78 is 1.73. The van der Waals surface area contributed by atoms with Crippen molar-refractivity contribution in [3.63, 3.8) is 0 Å². The van der Waals surface area contributed by atoms with Crippen LogP contribution in [0.5, 0.6) is 5.75 Å². The molecule has 0 spiro atoms. The van der Waals surface area contributed by atoms with Gasteiger partial charge in [0.15, 0.2) is 6.29 Å². The van der Waals surface area contributed by atoms with Crippen LogP contribution in [0, 0.1) is 6.92 Å². The van der Waals surface area contributed by atoms with E-state index in [0.717, 1.165) is 11.8 Å². The van der Waals surface area contributed by atoms with Crippen LogP contribution >= 0.6 is 0 Å². The van der Waals surface area contributed by atoms with Crippen LogP contribution in [-0.4, -0.2) is 21.9 Å². The van der Waals surface area contributed by atoms with Gasteiger partial charge in [-0.25, -0.2) is 0 Å². The Kier molecular flexibility index (Phi) is 4.20. The first-order chi connectivity index (χ1) is 9.60. The Labute approximate surface area is 116 Å². The summed E-state index contributed by atoms with van der Waals surface area (Å²) >= 11 is 0. The molecule has 104 valence electrons. The number of aldehydes is 1. The number of aromatic nitrogens is 1. The number of carbonyl (C=O) groups excluding carboxylic acids is 2. The fraction of sp³-hybridized carbons (Fsp3) is 0.200. The molecule has 5 heteroatoms.